The lowest BCUT2D eigenvalue weighted by atomic mass is 9.78. The summed E-state index contributed by atoms with van der Waals surface area (Å²) in [4.78, 5) is 12.4. The van der Waals surface area contributed by atoms with Gasteiger partial charge >= 0.3 is 0 Å². The first-order valence-corrected chi connectivity index (χ1v) is 8.87. The molecule has 1 fully saturated rings. The maximum Gasteiger partial charge on any atom is 0.289 e. The minimum absolute atomic E-state index is 0.0581. The minimum Gasteiger partial charge on any atom is -0.377 e. The summed E-state index contributed by atoms with van der Waals surface area (Å²) < 4.78 is 11.2. The average molecular weight is 342 g/mol. The summed E-state index contributed by atoms with van der Waals surface area (Å²) in [5.74, 6) is 0.324. The number of ether oxygens (including phenoxy) is 1. The fraction of sp³-hybridized carbons (Fsp3) is 0.500. The molecule has 1 N–H and O–H groups in total. The molecule has 2 atom stereocenters. The number of aromatic nitrogens is 1. The molecule has 2 aromatic rings. The Bertz CT molecular complexity index is 703. The van der Waals surface area contributed by atoms with E-state index >= 15 is 0 Å². The van der Waals surface area contributed by atoms with Gasteiger partial charge in [-0.15, -0.1) is 0 Å². The lowest BCUT2D eigenvalue weighted by Crippen LogP contribution is -2.45. The predicted octanol–water partition coefficient (Wildman–Crippen LogP) is 3.91. The molecule has 134 valence electrons. The molecule has 1 saturated heterocycles. The average Bonchev–Trinajstić information content (AvgIpc) is 3.10. The number of nitrogens with zero attached hydrogens (tertiary/aromatic N) is 1. The topological polar surface area (TPSA) is 64.4 Å². The van der Waals surface area contributed by atoms with Crippen LogP contribution in [0.25, 0.3) is 11.3 Å². The fourth-order valence-electron chi connectivity index (χ4n) is 3.45. The Morgan fingerprint density at radius 2 is 2.04 bits per heavy atom. The highest BCUT2D eigenvalue weighted by Crippen LogP contribution is 2.33. The summed E-state index contributed by atoms with van der Waals surface area (Å²) in [6.45, 7) is 7.93. The Morgan fingerprint density at radius 1 is 1.28 bits per heavy atom. The molecular formula is C20H26N2O3. The molecule has 0 bridgehead atoms. The summed E-state index contributed by atoms with van der Waals surface area (Å²) in [5, 5.41) is 6.98. The highest BCUT2D eigenvalue weighted by molar-refractivity contribution is 5.92. The molecule has 0 aliphatic carbocycles. The maximum atomic E-state index is 12.4. The Labute approximate surface area is 148 Å². The molecule has 25 heavy (non-hydrogen) atoms. The van der Waals surface area contributed by atoms with Crippen molar-refractivity contribution >= 4 is 5.91 Å². The van der Waals surface area contributed by atoms with Crippen LogP contribution in [0.15, 0.2) is 40.9 Å². The highest BCUT2D eigenvalue weighted by atomic mass is 16.5. The minimum atomic E-state index is -0.229. The van der Waals surface area contributed by atoms with Crippen LogP contribution in [0.4, 0.5) is 0 Å². The largest absolute Gasteiger partial charge is 0.377 e. The molecule has 3 rings (SSSR count). The third-order valence-electron chi connectivity index (χ3n) is 4.63. The van der Waals surface area contributed by atoms with Gasteiger partial charge in [0.05, 0.1) is 6.10 Å². The zero-order chi connectivity index (χ0) is 17.9. The van der Waals surface area contributed by atoms with Crippen LogP contribution >= 0.6 is 0 Å². The second kappa shape index (κ2) is 7.40. The van der Waals surface area contributed by atoms with Gasteiger partial charge < -0.3 is 14.6 Å². The molecular weight excluding hydrogens is 316 g/mol. The molecule has 5 nitrogen and oxygen atoms in total. The van der Waals surface area contributed by atoms with E-state index in [0.717, 1.165) is 25.0 Å². The van der Waals surface area contributed by atoms with Crippen LogP contribution in [0, 0.1) is 11.3 Å². The Balaban J connectivity index is 1.62. The molecule has 1 amide bonds. The Kier molecular flexibility index (Phi) is 5.23. The van der Waals surface area contributed by atoms with Crippen molar-refractivity contribution in [2.24, 2.45) is 11.3 Å². The third kappa shape index (κ3) is 4.28. The SMILES string of the molecule is CC(C)(C)[C@H]1OCCC[C@H]1CNC(=O)c1cc(-c2ccccc2)no1. The molecule has 1 aromatic carbocycles. The standard InChI is InChI=1S/C20H26N2O3/c1-20(2,3)18-15(10-7-11-24-18)13-21-19(23)17-12-16(22-25-17)14-8-5-4-6-9-14/h4-6,8-9,12,15,18H,7,10-11,13H2,1-3H3,(H,21,23)/t15-,18-/m0/s1. The number of amides is 1. The summed E-state index contributed by atoms with van der Waals surface area (Å²) >= 11 is 0. The molecule has 0 radical (unpaired) electrons. The lowest BCUT2D eigenvalue weighted by Gasteiger charge is -2.40. The van der Waals surface area contributed by atoms with E-state index in [-0.39, 0.29) is 23.2 Å². The quantitative estimate of drug-likeness (QED) is 0.915. The van der Waals surface area contributed by atoms with Crippen molar-refractivity contribution in [3.05, 3.63) is 42.2 Å². The van der Waals surface area contributed by atoms with Gasteiger partial charge in [0.2, 0.25) is 5.76 Å². The van der Waals surface area contributed by atoms with Gasteiger partial charge in [0.25, 0.3) is 5.91 Å². The first kappa shape index (κ1) is 17.7. The van der Waals surface area contributed by atoms with E-state index in [4.69, 9.17) is 9.26 Å². The van der Waals surface area contributed by atoms with Crippen molar-refractivity contribution in [2.75, 3.05) is 13.2 Å². The van der Waals surface area contributed by atoms with Crippen molar-refractivity contribution in [1.29, 1.82) is 0 Å². The molecule has 0 spiro atoms. The predicted molar refractivity (Wildman–Crippen MR) is 96.2 cm³/mol. The summed E-state index contributed by atoms with van der Waals surface area (Å²) in [6, 6.07) is 11.4. The van der Waals surface area contributed by atoms with Crippen LogP contribution in [-0.4, -0.2) is 30.3 Å². The molecule has 2 heterocycles. The molecule has 1 aliphatic heterocycles. The smallest absolute Gasteiger partial charge is 0.289 e. The second-order valence-corrected chi connectivity index (χ2v) is 7.71. The van der Waals surface area contributed by atoms with E-state index in [2.05, 4.69) is 31.2 Å². The van der Waals surface area contributed by atoms with Gasteiger partial charge in [0, 0.05) is 30.7 Å². The Hall–Kier alpha value is -2.14. The van der Waals surface area contributed by atoms with Gasteiger partial charge in [-0.3, -0.25) is 4.79 Å². The van der Waals surface area contributed by atoms with Crippen LogP contribution in [0.2, 0.25) is 0 Å². The van der Waals surface area contributed by atoms with Gasteiger partial charge in [0.15, 0.2) is 0 Å². The van der Waals surface area contributed by atoms with Crippen LogP contribution in [0.1, 0.15) is 44.2 Å². The zero-order valence-corrected chi connectivity index (χ0v) is 15.1. The molecule has 1 aliphatic rings. The number of hydrogen-bond donors (Lipinski definition) is 1. The van der Waals surface area contributed by atoms with E-state index < -0.39 is 0 Å². The molecule has 0 saturated carbocycles. The van der Waals surface area contributed by atoms with E-state index in [1.54, 1.807) is 6.07 Å². The fourth-order valence-corrected chi connectivity index (χ4v) is 3.45. The molecule has 0 unspecified atom stereocenters. The first-order valence-electron chi connectivity index (χ1n) is 8.87. The van der Waals surface area contributed by atoms with Gasteiger partial charge in [0.1, 0.15) is 5.69 Å². The van der Waals surface area contributed by atoms with Crippen molar-refractivity contribution < 1.29 is 14.1 Å². The van der Waals surface area contributed by atoms with Crippen LogP contribution in [-0.2, 0) is 4.74 Å². The summed E-state index contributed by atoms with van der Waals surface area (Å²) in [5.41, 5.74) is 1.65. The number of nitrogens with one attached hydrogen (secondary N) is 1. The van der Waals surface area contributed by atoms with Crippen molar-refractivity contribution in [2.45, 2.75) is 39.7 Å². The van der Waals surface area contributed by atoms with Crippen LogP contribution < -0.4 is 5.32 Å². The van der Waals surface area contributed by atoms with Crippen LogP contribution in [0.3, 0.4) is 0 Å². The summed E-state index contributed by atoms with van der Waals surface area (Å²) in [6.07, 6.45) is 2.25. The second-order valence-electron chi connectivity index (χ2n) is 7.71. The number of benzene rings is 1. The van der Waals surface area contributed by atoms with Crippen LogP contribution in [0.5, 0.6) is 0 Å². The molecule has 1 aromatic heterocycles. The highest BCUT2D eigenvalue weighted by Gasteiger charge is 2.35. The maximum absolute atomic E-state index is 12.4. The lowest BCUT2D eigenvalue weighted by molar-refractivity contribution is -0.0839. The van der Waals surface area contributed by atoms with E-state index in [0.29, 0.717) is 18.2 Å². The third-order valence-corrected chi connectivity index (χ3v) is 4.63. The normalized spacial score (nSPS) is 21.1. The van der Waals surface area contributed by atoms with Gasteiger partial charge in [-0.25, -0.2) is 0 Å². The van der Waals surface area contributed by atoms with Crippen molar-refractivity contribution in [3.8, 4) is 11.3 Å². The van der Waals surface area contributed by atoms with E-state index in [9.17, 15) is 4.79 Å². The zero-order valence-electron chi connectivity index (χ0n) is 15.1. The number of rotatable bonds is 4. The van der Waals surface area contributed by atoms with E-state index in [1.165, 1.54) is 0 Å². The summed E-state index contributed by atoms with van der Waals surface area (Å²) in [7, 11) is 0. The number of hydrogen-bond acceptors (Lipinski definition) is 4. The van der Waals surface area contributed by atoms with Crippen molar-refractivity contribution in [1.82, 2.24) is 10.5 Å². The number of carbonyl (C=O) groups is 1. The van der Waals surface area contributed by atoms with Gasteiger partial charge in [-0.2, -0.15) is 0 Å². The Morgan fingerprint density at radius 3 is 2.76 bits per heavy atom. The van der Waals surface area contributed by atoms with Gasteiger partial charge in [-0.1, -0.05) is 56.3 Å². The monoisotopic (exact) mass is 342 g/mol. The van der Waals surface area contributed by atoms with Crippen molar-refractivity contribution in [3.63, 3.8) is 0 Å². The van der Waals surface area contributed by atoms with E-state index in [1.807, 2.05) is 30.3 Å². The number of carbonyl (C=O) groups excluding carboxylic acids is 1. The first-order chi connectivity index (χ1) is 11.9. The molecule has 5 heteroatoms. The van der Waals surface area contributed by atoms with Gasteiger partial charge in [-0.05, 0) is 18.3 Å².